The monoisotopic (exact) mass is 422 g/mol. The highest BCUT2D eigenvalue weighted by Crippen LogP contribution is 2.32. The summed E-state index contributed by atoms with van der Waals surface area (Å²) in [7, 11) is -3.96. The van der Waals surface area contributed by atoms with Gasteiger partial charge in [0, 0.05) is 11.4 Å². The molecule has 0 spiro atoms. The summed E-state index contributed by atoms with van der Waals surface area (Å²) in [5.74, 6) is 0.0510. The summed E-state index contributed by atoms with van der Waals surface area (Å²) in [6, 6.07) is 13.4. The van der Waals surface area contributed by atoms with Crippen LogP contribution in [-0.4, -0.2) is 40.3 Å². The summed E-state index contributed by atoms with van der Waals surface area (Å²) in [4.78, 5) is 13.5. The molecule has 0 saturated carbocycles. The van der Waals surface area contributed by atoms with Crippen molar-refractivity contribution in [3.8, 4) is 5.75 Å². The van der Waals surface area contributed by atoms with Crippen LogP contribution in [0.5, 0.6) is 5.75 Å². The topological polar surface area (TPSA) is 75.7 Å². The van der Waals surface area contributed by atoms with Crippen molar-refractivity contribution in [2.24, 2.45) is 0 Å². The van der Waals surface area contributed by atoms with E-state index in [2.05, 4.69) is 5.32 Å². The van der Waals surface area contributed by atoms with E-state index >= 15 is 0 Å². The van der Waals surface area contributed by atoms with Crippen molar-refractivity contribution >= 4 is 33.4 Å². The summed E-state index contributed by atoms with van der Waals surface area (Å²) < 4.78 is 33.5. The predicted octanol–water partition coefficient (Wildman–Crippen LogP) is 3.53. The molecule has 0 unspecified atom stereocenters. The van der Waals surface area contributed by atoms with Gasteiger partial charge in [-0.1, -0.05) is 19.1 Å². The van der Waals surface area contributed by atoms with Crippen LogP contribution in [0, 0.1) is 0 Å². The number of hydrogen-bond donors (Lipinski definition) is 1. The minimum absolute atomic E-state index is 0.125. The molecule has 0 heterocycles. The molecule has 0 fully saturated rings. The lowest BCUT2D eigenvalue weighted by Crippen LogP contribution is -2.41. The first-order chi connectivity index (χ1) is 13.4. The number of amides is 1. The Morgan fingerprint density at radius 2 is 1.79 bits per heavy atom. The summed E-state index contributed by atoms with van der Waals surface area (Å²) in [5, 5.41) is 2.74. The molecule has 2 aromatic carbocycles. The second-order valence-corrected chi connectivity index (χ2v) is 8.68. The van der Waals surface area contributed by atoms with Gasteiger partial charge in [-0.3, -0.25) is 9.10 Å². The third-order valence-corrected chi connectivity index (χ3v) is 6.46. The lowest BCUT2D eigenvalue weighted by Gasteiger charge is -2.26. The van der Waals surface area contributed by atoms with E-state index in [1.54, 1.807) is 48.5 Å². The number of thioether (sulfide) groups is 1. The van der Waals surface area contributed by atoms with Crippen LogP contribution < -0.4 is 14.4 Å². The highest BCUT2D eigenvalue weighted by atomic mass is 32.2. The second kappa shape index (κ2) is 10.4. The fourth-order valence-electron chi connectivity index (χ4n) is 2.57. The molecule has 0 aliphatic heterocycles. The van der Waals surface area contributed by atoms with E-state index in [1.807, 2.05) is 20.1 Å². The fraction of sp³-hybridized carbons (Fsp3) is 0.350. The van der Waals surface area contributed by atoms with E-state index in [-0.39, 0.29) is 17.3 Å². The van der Waals surface area contributed by atoms with Gasteiger partial charge in [-0.2, -0.15) is 0 Å². The number of nitrogens with zero attached hydrogens (tertiary/aromatic N) is 1. The molecule has 0 aromatic heterocycles. The van der Waals surface area contributed by atoms with Crippen LogP contribution in [-0.2, 0) is 14.8 Å². The molecular weight excluding hydrogens is 396 g/mol. The number of para-hydroxylation sites is 2. The van der Waals surface area contributed by atoms with Crippen molar-refractivity contribution in [3.05, 3.63) is 48.5 Å². The number of ether oxygens (including phenoxy) is 1. The molecule has 6 nitrogen and oxygen atoms in total. The average molecular weight is 423 g/mol. The molecule has 2 rings (SSSR count). The van der Waals surface area contributed by atoms with Gasteiger partial charge in [0.1, 0.15) is 12.3 Å². The van der Waals surface area contributed by atoms with Gasteiger partial charge >= 0.3 is 0 Å². The van der Waals surface area contributed by atoms with Crippen molar-refractivity contribution < 1.29 is 17.9 Å². The normalized spacial score (nSPS) is 11.1. The highest BCUT2D eigenvalue weighted by Gasteiger charge is 2.29. The van der Waals surface area contributed by atoms with Crippen LogP contribution in [0.2, 0.25) is 0 Å². The Bertz CT molecular complexity index is 883. The van der Waals surface area contributed by atoms with Crippen molar-refractivity contribution in [2.75, 3.05) is 30.3 Å². The fourth-order valence-corrected chi connectivity index (χ4v) is 4.41. The number of carbonyl (C=O) groups is 1. The number of anilines is 1. The van der Waals surface area contributed by atoms with Crippen molar-refractivity contribution in [1.29, 1.82) is 0 Å². The van der Waals surface area contributed by atoms with Crippen LogP contribution in [0.15, 0.2) is 58.3 Å². The van der Waals surface area contributed by atoms with Gasteiger partial charge in [0.05, 0.1) is 17.2 Å². The maximum absolute atomic E-state index is 13.4. The smallest absolute Gasteiger partial charge is 0.264 e. The molecule has 152 valence electrons. The SMILES string of the molecule is CCCNC(=O)CN(c1ccccc1OCC)S(=O)(=O)c1ccc(SC)cc1. The molecule has 0 bridgehead atoms. The molecule has 28 heavy (non-hydrogen) atoms. The molecule has 1 amide bonds. The molecule has 0 aliphatic rings. The Kier molecular flexibility index (Phi) is 8.19. The maximum atomic E-state index is 13.4. The number of benzene rings is 2. The summed E-state index contributed by atoms with van der Waals surface area (Å²) in [5.41, 5.74) is 0.338. The molecule has 0 saturated heterocycles. The van der Waals surface area contributed by atoms with Gasteiger partial charge in [0.15, 0.2) is 0 Å². The second-order valence-electron chi connectivity index (χ2n) is 5.94. The Labute approximate surface area is 171 Å². The molecule has 8 heteroatoms. The summed E-state index contributed by atoms with van der Waals surface area (Å²) >= 11 is 1.53. The Balaban J connectivity index is 2.49. The molecule has 0 radical (unpaired) electrons. The first kappa shape index (κ1) is 22.1. The third-order valence-electron chi connectivity index (χ3n) is 3.94. The van der Waals surface area contributed by atoms with Crippen LogP contribution in [0.3, 0.4) is 0 Å². The first-order valence-corrected chi connectivity index (χ1v) is 11.8. The number of hydrogen-bond acceptors (Lipinski definition) is 5. The van der Waals surface area contributed by atoms with Crippen molar-refractivity contribution in [3.63, 3.8) is 0 Å². The molecule has 2 aromatic rings. The van der Waals surface area contributed by atoms with E-state index in [9.17, 15) is 13.2 Å². The largest absolute Gasteiger partial charge is 0.492 e. The van der Waals surface area contributed by atoms with E-state index in [0.717, 1.165) is 15.6 Å². The zero-order valence-electron chi connectivity index (χ0n) is 16.3. The van der Waals surface area contributed by atoms with Gasteiger partial charge in [-0.25, -0.2) is 8.42 Å². The summed E-state index contributed by atoms with van der Waals surface area (Å²) in [6.45, 7) is 4.31. The lowest BCUT2D eigenvalue weighted by atomic mass is 10.3. The van der Waals surface area contributed by atoms with Crippen LogP contribution in [0.1, 0.15) is 20.3 Å². The van der Waals surface area contributed by atoms with Crippen LogP contribution in [0.25, 0.3) is 0 Å². The number of nitrogens with one attached hydrogen (secondary N) is 1. The first-order valence-electron chi connectivity index (χ1n) is 9.09. The number of rotatable bonds is 10. The molecular formula is C20H26N2O4S2. The Hall–Kier alpha value is -2.19. The van der Waals surface area contributed by atoms with E-state index in [4.69, 9.17) is 4.74 Å². The maximum Gasteiger partial charge on any atom is 0.264 e. The lowest BCUT2D eigenvalue weighted by molar-refractivity contribution is -0.119. The quantitative estimate of drug-likeness (QED) is 0.593. The minimum atomic E-state index is -3.96. The molecule has 0 aliphatic carbocycles. The van der Waals surface area contributed by atoms with Crippen LogP contribution >= 0.6 is 11.8 Å². The number of carbonyl (C=O) groups excluding carboxylic acids is 1. The van der Waals surface area contributed by atoms with Gasteiger partial charge in [0.25, 0.3) is 10.0 Å². The van der Waals surface area contributed by atoms with E-state index in [1.165, 1.54) is 11.8 Å². The standard InChI is InChI=1S/C20H26N2O4S2/c1-4-14-21-20(23)15-22(18-8-6-7-9-19(18)26-5-2)28(24,25)17-12-10-16(27-3)11-13-17/h6-13H,4-5,14-15H2,1-3H3,(H,21,23). The number of sulfonamides is 1. The van der Waals surface area contributed by atoms with Gasteiger partial charge in [-0.05, 0) is 56.0 Å². The van der Waals surface area contributed by atoms with E-state index < -0.39 is 10.0 Å². The minimum Gasteiger partial charge on any atom is -0.492 e. The Morgan fingerprint density at radius 3 is 2.39 bits per heavy atom. The van der Waals surface area contributed by atoms with Crippen molar-refractivity contribution in [1.82, 2.24) is 5.32 Å². The zero-order chi connectivity index (χ0) is 20.6. The van der Waals surface area contributed by atoms with E-state index in [0.29, 0.717) is 24.6 Å². The van der Waals surface area contributed by atoms with Gasteiger partial charge in [-0.15, -0.1) is 11.8 Å². The Morgan fingerprint density at radius 1 is 1.11 bits per heavy atom. The van der Waals surface area contributed by atoms with Gasteiger partial charge in [0.2, 0.25) is 5.91 Å². The third kappa shape index (κ3) is 5.42. The average Bonchev–Trinajstić information content (AvgIpc) is 2.71. The molecule has 1 N–H and O–H groups in total. The van der Waals surface area contributed by atoms with Crippen molar-refractivity contribution in [2.45, 2.75) is 30.1 Å². The predicted molar refractivity (Wildman–Crippen MR) is 114 cm³/mol. The van der Waals surface area contributed by atoms with Crippen LogP contribution in [0.4, 0.5) is 5.69 Å². The van der Waals surface area contributed by atoms with Gasteiger partial charge < -0.3 is 10.1 Å². The zero-order valence-corrected chi connectivity index (χ0v) is 18.0. The molecule has 0 atom stereocenters. The summed E-state index contributed by atoms with van der Waals surface area (Å²) in [6.07, 6.45) is 2.69. The highest BCUT2D eigenvalue weighted by molar-refractivity contribution is 7.98.